The summed E-state index contributed by atoms with van der Waals surface area (Å²) in [7, 11) is 0. The first kappa shape index (κ1) is 12.2. The fourth-order valence-corrected chi connectivity index (χ4v) is 3.61. The van der Waals surface area contributed by atoms with Gasteiger partial charge >= 0.3 is 0 Å². The zero-order chi connectivity index (χ0) is 12.5. The Hall–Kier alpha value is -0.890. The molecule has 2 aliphatic carbocycles. The highest BCUT2D eigenvalue weighted by Gasteiger charge is 2.29. The smallest absolute Gasteiger partial charge is 0.126 e. The Kier molecular flexibility index (Phi) is 3.38. The zero-order valence-corrected chi connectivity index (χ0v) is 11.1. The summed E-state index contributed by atoms with van der Waals surface area (Å²) < 4.78 is 13.7. The summed E-state index contributed by atoms with van der Waals surface area (Å²) in [6, 6.07) is 6.53. The molecular weight excluding hydrogens is 225 g/mol. The molecule has 1 aromatic carbocycles. The molecular formula is C16H22FN. The van der Waals surface area contributed by atoms with E-state index in [4.69, 9.17) is 0 Å². The predicted octanol–water partition coefficient (Wildman–Crippen LogP) is 3.98. The number of hydrogen-bond donors (Lipinski definition) is 1. The standard InChI is InChI=1S/C16H22FN/c1-11-5-2-3-8-15(11)18-16-10-9-12-13(16)6-4-7-14(12)17/h4,6-7,11,15-16,18H,2-3,5,8-10H2,1H3. The highest BCUT2D eigenvalue weighted by molar-refractivity contribution is 5.35. The number of nitrogens with one attached hydrogen (secondary N) is 1. The van der Waals surface area contributed by atoms with E-state index >= 15 is 0 Å². The van der Waals surface area contributed by atoms with Crippen LogP contribution in [-0.4, -0.2) is 6.04 Å². The highest BCUT2D eigenvalue weighted by Crippen LogP contribution is 2.35. The molecule has 0 saturated heterocycles. The number of benzene rings is 1. The van der Waals surface area contributed by atoms with Gasteiger partial charge in [0.25, 0.3) is 0 Å². The maximum atomic E-state index is 13.7. The molecule has 3 atom stereocenters. The summed E-state index contributed by atoms with van der Waals surface area (Å²) in [5.74, 6) is 0.741. The third-order valence-electron chi connectivity index (χ3n) is 4.74. The molecule has 2 aliphatic rings. The SMILES string of the molecule is CC1CCCCC1NC1CCc2c(F)cccc21. The predicted molar refractivity (Wildman–Crippen MR) is 72.0 cm³/mol. The second kappa shape index (κ2) is 5.00. The van der Waals surface area contributed by atoms with Crippen molar-refractivity contribution in [2.75, 3.05) is 0 Å². The van der Waals surface area contributed by atoms with Crippen molar-refractivity contribution in [3.63, 3.8) is 0 Å². The van der Waals surface area contributed by atoms with Crippen molar-refractivity contribution in [3.8, 4) is 0 Å². The number of hydrogen-bond acceptors (Lipinski definition) is 1. The monoisotopic (exact) mass is 247 g/mol. The van der Waals surface area contributed by atoms with Gasteiger partial charge in [0.05, 0.1) is 0 Å². The minimum Gasteiger partial charge on any atom is -0.307 e. The summed E-state index contributed by atoms with van der Waals surface area (Å²) in [5.41, 5.74) is 2.14. The van der Waals surface area contributed by atoms with Gasteiger partial charge in [-0.2, -0.15) is 0 Å². The lowest BCUT2D eigenvalue weighted by molar-refractivity contribution is 0.258. The largest absolute Gasteiger partial charge is 0.307 e. The molecule has 0 amide bonds. The zero-order valence-electron chi connectivity index (χ0n) is 11.1. The molecule has 3 rings (SSSR count). The minimum absolute atomic E-state index is 0.0199. The minimum atomic E-state index is -0.0199. The molecule has 1 aromatic rings. The van der Waals surface area contributed by atoms with Gasteiger partial charge in [0, 0.05) is 12.1 Å². The Bertz CT molecular complexity index is 429. The van der Waals surface area contributed by atoms with Crippen LogP contribution in [0.5, 0.6) is 0 Å². The van der Waals surface area contributed by atoms with Crippen molar-refractivity contribution in [3.05, 3.63) is 35.1 Å². The summed E-state index contributed by atoms with van der Waals surface area (Å²) in [6.07, 6.45) is 7.27. The molecule has 0 aliphatic heterocycles. The van der Waals surface area contributed by atoms with Gasteiger partial charge in [-0.25, -0.2) is 4.39 Å². The maximum Gasteiger partial charge on any atom is 0.126 e. The normalized spacial score (nSPS) is 31.3. The van der Waals surface area contributed by atoms with Gasteiger partial charge in [0.1, 0.15) is 5.82 Å². The van der Waals surface area contributed by atoms with E-state index in [1.54, 1.807) is 6.07 Å². The lowest BCUT2D eigenvalue weighted by Crippen LogP contribution is -2.38. The van der Waals surface area contributed by atoms with Crippen LogP contribution in [0.25, 0.3) is 0 Å². The van der Waals surface area contributed by atoms with Gasteiger partial charge in [0.15, 0.2) is 0 Å². The average Bonchev–Trinajstić information content (AvgIpc) is 2.77. The van der Waals surface area contributed by atoms with Crippen LogP contribution in [-0.2, 0) is 6.42 Å². The number of rotatable bonds is 2. The van der Waals surface area contributed by atoms with Crippen LogP contribution in [0.3, 0.4) is 0 Å². The third kappa shape index (κ3) is 2.18. The average molecular weight is 247 g/mol. The quantitative estimate of drug-likeness (QED) is 0.833. The van der Waals surface area contributed by atoms with E-state index in [1.165, 1.54) is 31.2 Å². The van der Waals surface area contributed by atoms with Crippen LogP contribution >= 0.6 is 0 Å². The van der Waals surface area contributed by atoms with Crippen molar-refractivity contribution in [1.82, 2.24) is 5.32 Å². The van der Waals surface area contributed by atoms with E-state index in [2.05, 4.69) is 18.3 Å². The summed E-state index contributed by atoms with van der Waals surface area (Å²) in [5, 5.41) is 3.78. The summed E-state index contributed by atoms with van der Waals surface area (Å²) >= 11 is 0. The Labute approximate surface area is 109 Å². The Morgan fingerprint density at radius 3 is 2.83 bits per heavy atom. The molecule has 2 heteroatoms. The highest BCUT2D eigenvalue weighted by atomic mass is 19.1. The van der Waals surface area contributed by atoms with E-state index in [1.807, 2.05) is 6.07 Å². The first-order chi connectivity index (χ1) is 8.75. The Balaban J connectivity index is 1.74. The van der Waals surface area contributed by atoms with Gasteiger partial charge in [-0.15, -0.1) is 0 Å². The van der Waals surface area contributed by atoms with Crippen LogP contribution < -0.4 is 5.32 Å². The number of fused-ring (bicyclic) bond motifs is 1. The van der Waals surface area contributed by atoms with Gasteiger partial charge in [-0.3, -0.25) is 0 Å². The first-order valence-electron chi connectivity index (χ1n) is 7.29. The van der Waals surface area contributed by atoms with Crippen molar-refractivity contribution in [2.24, 2.45) is 5.92 Å². The second-order valence-corrected chi connectivity index (χ2v) is 5.93. The van der Waals surface area contributed by atoms with Crippen molar-refractivity contribution < 1.29 is 4.39 Å². The molecule has 1 fully saturated rings. The fourth-order valence-electron chi connectivity index (χ4n) is 3.61. The Morgan fingerprint density at radius 1 is 1.17 bits per heavy atom. The van der Waals surface area contributed by atoms with Gasteiger partial charge in [0.2, 0.25) is 0 Å². The fraction of sp³-hybridized carbons (Fsp3) is 0.625. The van der Waals surface area contributed by atoms with Gasteiger partial charge in [-0.1, -0.05) is 31.9 Å². The molecule has 0 spiro atoms. The Morgan fingerprint density at radius 2 is 2.00 bits per heavy atom. The van der Waals surface area contributed by atoms with Gasteiger partial charge < -0.3 is 5.32 Å². The lowest BCUT2D eigenvalue weighted by Gasteiger charge is -2.32. The topological polar surface area (TPSA) is 12.0 Å². The molecule has 1 nitrogen and oxygen atoms in total. The van der Waals surface area contributed by atoms with E-state index in [0.717, 1.165) is 24.3 Å². The first-order valence-corrected chi connectivity index (χ1v) is 7.29. The molecule has 98 valence electrons. The second-order valence-electron chi connectivity index (χ2n) is 5.93. The third-order valence-corrected chi connectivity index (χ3v) is 4.74. The maximum absolute atomic E-state index is 13.7. The van der Waals surface area contributed by atoms with Crippen molar-refractivity contribution >= 4 is 0 Å². The summed E-state index contributed by atoms with van der Waals surface area (Å²) in [6.45, 7) is 2.35. The molecule has 3 unspecified atom stereocenters. The molecule has 0 bridgehead atoms. The van der Waals surface area contributed by atoms with E-state index in [0.29, 0.717) is 12.1 Å². The van der Waals surface area contributed by atoms with E-state index in [-0.39, 0.29) is 5.82 Å². The lowest BCUT2D eigenvalue weighted by atomic mass is 9.85. The summed E-state index contributed by atoms with van der Waals surface area (Å²) in [4.78, 5) is 0. The van der Waals surface area contributed by atoms with E-state index in [9.17, 15) is 4.39 Å². The number of halogens is 1. The molecule has 1 N–H and O–H groups in total. The van der Waals surface area contributed by atoms with Crippen molar-refractivity contribution in [1.29, 1.82) is 0 Å². The van der Waals surface area contributed by atoms with Crippen LogP contribution in [0, 0.1) is 11.7 Å². The van der Waals surface area contributed by atoms with E-state index < -0.39 is 0 Å². The van der Waals surface area contributed by atoms with Crippen molar-refractivity contribution in [2.45, 2.75) is 57.5 Å². The molecule has 0 radical (unpaired) electrons. The van der Waals surface area contributed by atoms with Crippen LogP contribution in [0.1, 0.15) is 56.2 Å². The molecule has 0 aromatic heterocycles. The molecule has 0 heterocycles. The van der Waals surface area contributed by atoms with Crippen LogP contribution in [0.4, 0.5) is 4.39 Å². The molecule has 18 heavy (non-hydrogen) atoms. The van der Waals surface area contributed by atoms with Crippen LogP contribution in [0.2, 0.25) is 0 Å². The van der Waals surface area contributed by atoms with Crippen LogP contribution in [0.15, 0.2) is 18.2 Å². The van der Waals surface area contributed by atoms with Gasteiger partial charge in [-0.05, 0) is 48.8 Å². The molecule has 1 saturated carbocycles.